The molecule has 7 heteroatoms. The highest BCUT2D eigenvalue weighted by Gasteiger charge is 2.20. The zero-order valence-corrected chi connectivity index (χ0v) is 12.8. The second kappa shape index (κ2) is 6.21. The molecule has 1 aliphatic heterocycles. The summed E-state index contributed by atoms with van der Waals surface area (Å²) in [4.78, 5) is 21.3. The van der Waals surface area contributed by atoms with E-state index in [2.05, 4.69) is 43.6 Å². The number of nitrogens with zero attached hydrogens (tertiary/aromatic N) is 6. The Hall–Kier alpha value is -2.31. The summed E-state index contributed by atoms with van der Waals surface area (Å²) in [6.07, 6.45) is 4.22. The van der Waals surface area contributed by atoms with Gasteiger partial charge in [-0.3, -0.25) is 0 Å². The SMILES string of the molecule is CC(C)c1nccc(N2CCN(c3ncc(F)cn3)CC2)n1. The van der Waals surface area contributed by atoms with Crippen LogP contribution in [-0.4, -0.2) is 46.1 Å². The van der Waals surface area contributed by atoms with Gasteiger partial charge < -0.3 is 9.80 Å². The van der Waals surface area contributed by atoms with Gasteiger partial charge in [0.15, 0.2) is 5.82 Å². The van der Waals surface area contributed by atoms with Crippen molar-refractivity contribution in [3.05, 3.63) is 36.3 Å². The zero-order chi connectivity index (χ0) is 15.5. The topological polar surface area (TPSA) is 58.0 Å². The second-order valence-electron chi connectivity index (χ2n) is 5.60. The molecule has 22 heavy (non-hydrogen) atoms. The van der Waals surface area contributed by atoms with Crippen LogP contribution in [0.4, 0.5) is 16.2 Å². The van der Waals surface area contributed by atoms with Crippen LogP contribution in [0.15, 0.2) is 24.7 Å². The van der Waals surface area contributed by atoms with Crippen molar-refractivity contribution >= 4 is 11.8 Å². The standard InChI is InChI=1S/C15H19FN6/c1-11(2)14-17-4-3-13(20-14)21-5-7-22(8-6-21)15-18-9-12(16)10-19-15/h3-4,9-11H,5-8H2,1-2H3. The number of piperazine rings is 1. The van der Waals surface area contributed by atoms with Gasteiger partial charge in [-0.1, -0.05) is 13.8 Å². The highest BCUT2D eigenvalue weighted by Crippen LogP contribution is 2.18. The summed E-state index contributed by atoms with van der Waals surface area (Å²) >= 11 is 0. The summed E-state index contributed by atoms with van der Waals surface area (Å²) in [5, 5.41) is 0. The first-order valence-electron chi connectivity index (χ1n) is 7.44. The minimum atomic E-state index is -0.412. The van der Waals surface area contributed by atoms with Crippen molar-refractivity contribution in [2.45, 2.75) is 19.8 Å². The smallest absolute Gasteiger partial charge is 0.225 e. The fourth-order valence-electron chi connectivity index (χ4n) is 2.42. The fourth-order valence-corrected chi connectivity index (χ4v) is 2.42. The highest BCUT2D eigenvalue weighted by atomic mass is 19.1. The molecule has 1 saturated heterocycles. The van der Waals surface area contributed by atoms with Gasteiger partial charge in [-0.25, -0.2) is 24.3 Å². The van der Waals surface area contributed by atoms with Gasteiger partial charge in [0.25, 0.3) is 0 Å². The second-order valence-corrected chi connectivity index (χ2v) is 5.60. The minimum absolute atomic E-state index is 0.314. The van der Waals surface area contributed by atoms with Crippen molar-refractivity contribution < 1.29 is 4.39 Å². The average molecular weight is 302 g/mol. The molecule has 116 valence electrons. The van der Waals surface area contributed by atoms with Gasteiger partial charge in [0.1, 0.15) is 11.6 Å². The Labute approximate surface area is 129 Å². The third-order valence-electron chi connectivity index (χ3n) is 3.67. The van der Waals surface area contributed by atoms with E-state index in [4.69, 9.17) is 0 Å². The molecular formula is C15H19FN6. The van der Waals surface area contributed by atoms with Crippen LogP contribution in [0.3, 0.4) is 0 Å². The predicted octanol–water partition coefficient (Wildman–Crippen LogP) is 1.86. The molecule has 0 atom stereocenters. The summed E-state index contributed by atoms with van der Waals surface area (Å²) in [5.41, 5.74) is 0. The Bertz CT molecular complexity index is 622. The molecule has 0 radical (unpaired) electrons. The molecule has 6 nitrogen and oxygen atoms in total. The molecule has 2 aromatic rings. The van der Waals surface area contributed by atoms with E-state index < -0.39 is 5.82 Å². The van der Waals surface area contributed by atoms with E-state index in [0.29, 0.717) is 11.9 Å². The summed E-state index contributed by atoms with van der Waals surface area (Å²) in [7, 11) is 0. The quantitative estimate of drug-likeness (QED) is 0.862. The summed E-state index contributed by atoms with van der Waals surface area (Å²) in [5.74, 6) is 2.30. The molecule has 0 amide bonds. The van der Waals surface area contributed by atoms with Crippen molar-refractivity contribution in [1.82, 2.24) is 19.9 Å². The molecule has 3 heterocycles. The maximum Gasteiger partial charge on any atom is 0.225 e. The molecule has 3 rings (SSSR count). The van der Waals surface area contributed by atoms with Crippen molar-refractivity contribution in [1.29, 1.82) is 0 Å². The number of rotatable bonds is 3. The minimum Gasteiger partial charge on any atom is -0.353 e. The third kappa shape index (κ3) is 3.13. The molecule has 1 fully saturated rings. The first-order valence-corrected chi connectivity index (χ1v) is 7.44. The van der Waals surface area contributed by atoms with E-state index in [1.807, 2.05) is 12.3 Å². The monoisotopic (exact) mass is 302 g/mol. The van der Waals surface area contributed by atoms with Gasteiger partial charge in [-0.05, 0) is 6.07 Å². The number of anilines is 2. The number of halogens is 1. The molecule has 0 saturated carbocycles. The van der Waals surface area contributed by atoms with Crippen molar-refractivity contribution in [3.63, 3.8) is 0 Å². The molecule has 0 N–H and O–H groups in total. The van der Waals surface area contributed by atoms with Gasteiger partial charge in [0.2, 0.25) is 5.95 Å². The Kier molecular flexibility index (Phi) is 4.13. The van der Waals surface area contributed by atoms with Crippen LogP contribution >= 0.6 is 0 Å². The van der Waals surface area contributed by atoms with Gasteiger partial charge >= 0.3 is 0 Å². The first kappa shape index (κ1) is 14.6. The van der Waals surface area contributed by atoms with Gasteiger partial charge in [0.05, 0.1) is 12.4 Å². The van der Waals surface area contributed by atoms with Crippen molar-refractivity contribution in [2.75, 3.05) is 36.0 Å². The van der Waals surface area contributed by atoms with E-state index in [9.17, 15) is 4.39 Å². The van der Waals surface area contributed by atoms with Crippen LogP contribution in [-0.2, 0) is 0 Å². The van der Waals surface area contributed by atoms with Gasteiger partial charge in [0, 0.05) is 38.3 Å². The molecule has 0 spiro atoms. The lowest BCUT2D eigenvalue weighted by atomic mass is 10.2. The lowest BCUT2D eigenvalue weighted by molar-refractivity contribution is 0.600. The van der Waals surface area contributed by atoms with E-state index >= 15 is 0 Å². The van der Waals surface area contributed by atoms with Crippen LogP contribution < -0.4 is 9.80 Å². The zero-order valence-electron chi connectivity index (χ0n) is 12.8. The van der Waals surface area contributed by atoms with Crippen molar-refractivity contribution in [3.8, 4) is 0 Å². The Morgan fingerprint density at radius 1 is 1.00 bits per heavy atom. The van der Waals surface area contributed by atoms with Crippen LogP contribution in [0.2, 0.25) is 0 Å². The molecule has 0 aromatic carbocycles. The van der Waals surface area contributed by atoms with Crippen molar-refractivity contribution in [2.24, 2.45) is 0 Å². The predicted molar refractivity (Wildman–Crippen MR) is 82.5 cm³/mol. The normalized spacial score (nSPS) is 15.5. The van der Waals surface area contributed by atoms with Crippen LogP contribution in [0.1, 0.15) is 25.6 Å². The lowest BCUT2D eigenvalue weighted by Gasteiger charge is -2.35. The Morgan fingerprint density at radius 2 is 1.64 bits per heavy atom. The van der Waals surface area contributed by atoms with Gasteiger partial charge in [-0.2, -0.15) is 0 Å². The van der Waals surface area contributed by atoms with E-state index in [1.54, 1.807) is 0 Å². The number of aromatic nitrogens is 4. The van der Waals surface area contributed by atoms with E-state index in [0.717, 1.165) is 37.8 Å². The van der Waals surface area contributed by atoms with E-state index in [-0.39, 0.29) is 0 Å². The number of hydrogen-bond acceptors (Lipinski definition) is 6. The van der Waals surface area contributed by atoms with Crippen LogP contribution in [0.25, 0.3) is 0 Å². The Balaban J connectivity index is 1.66. The highest BCUT2D eigenvalue weighted by molar-refractivity contribution is 5.41. The summed E-state index contributed by atoms with van der Waals surface area (Å²) in [6, 6.07) is 1.94. The third-order valence-corrected chi connectivity index (χ3v) is 3.67. The Morgan fingerprint density at radius 3 is 2.27 bits per heavy atom. The van der Waals surface area contributed by atoms with Gasteiger partial charge in [-0.15, -0.1) is 0 Å². The summed E-state index contributed by atoms with van der Waals surface area (Å²) < 4.78 is 12.9. The first-order chi connectivity index (χ1) is 10.6. The fraction of sp³-hybridized carbons (Fsp3) is 0.467. The number of hydrogen-bond donors (Lipinski definition) is 0. The largest absolute Gasteiger partial charge is 0.353 e. The molecule has 2 aromatic heterocycles. The maximum atomic E-state index is 12.9. The molecule has 0 aliphatic carbocycles. The van der Waals surface area contributed by atoms with E-state index in [1.165, 1.54) is 12.4 Å². The average Bonchev–Trinajstić information content (AvgIpc) is 2.56. The maximum absolute atomic E-state index is 12.9. The molecule has 0 unspecified atom stereocenters. The molecule has 1 aliphatic rings. The molecule has 0 bridgehead atoms. The van der Waals surface area contributed by atoms with Crippen LogP contribution in [0.5, 0.6) is 0 Å². The van der Waals surface area contributed by atoms with Crippen LogP contribution in [0, 0.1) is 5.82 Å². The lowest BCUT2D eigenvalue weighted by Crippen LogP contribution is -2.47. The summed E-state index contributed by atoms with van der Waals surface area (Å²) in [6.45, 7) is 7.40. The molecular weight excluding hydrogens is 283 g/mol.